The third-order valence-corrected chi connectivity index (χ3v) is 15.5. The third kappa shape index (κ3) is 78.5. The van der Waals surface area contributed by atoms with Crippen LogP contribution in [0.2, 0.25) is 0 Å². The molecule has 0 aromatic rings. The number of carbonyl (C=O) groups is 2. The van der Waals surface area contributed by atoms with E-state index in [9.17, 15) is 19.0 Å². The third-order valence-electron chi connectivity index (χ3n) is 14.6. The van der Waals surface area contributed by atoms with Crippen molar-refractivity contribution in [1.29, 1.82) is 0 Å². The Bertz CT molecular complexity index is 2610. The van der Waals surface area contributed by atoms with Gasteiger partial charge in [-0.2, -0.15) is 0 Å². The Kier molecular flexibility index (Phi) is 69.8. The second kappa shape index (κ2) is 74.8. The van der Waals surface area contributed by atoms with Gasteiger partial charge in [-0.05, 0) is 173 Å². The van der Waals surface area contributed by atoms with E-state index in [1.807, 2.05) is 21.1 Å². The SMILES string of the molecule is CC/C=C\C/C=C\C/C=C\C/C=C\C/C=C\C/C=C\C/C=C\C/C=C\C/C=C\C/C=C\C/C=C\CCCCCCCCCC(=O)OC(COC(=O)CCCC/C=C\C/C=C\C/C=C\C/C=C\C/C=C\C/C=C\C/C=C\C/C=C\C/C=C\C/C=C\CC)COP(=O)([O-])OCC[N+](C)(C)C. The summed E-state index contributed by atoms with van der Waals surface area (Å²) in [4.78, 5) is 38.1. The molecule has 0 fully saturated rings. The number of carbonyl (C=O) groups excluding carboxylic acids is 2. The number of nitrogens with zero attached hydrogens (tertiary/aromatic N) is 1. The van der Waals surface area contributed by atoms with Crippen molar-refractivity contribution in [3.8, 4) is 0 Å². The number of phosphoric ester groups is 1. The molecule has 0 aliphatic carbocycles. The summed E-state index contributed by atoms with van der Waals surface area (Å²) in [6.07, 6.45) is 124. The van der Waals surface area contributed by atoms with Gasteiger partial charge in [0.1, 0.15) is 19.8 Å². The van der Waals surface area contributed by atoms with Gasteiger partial charge in [0.2, 0.25) is 0 Å². The van der Waals surface area contributed by atoms with E-state index in [0.29, 0.717) is 23.9 Å². The Labute approximate surface area is 599 Å². The molecule has 0 heterocycles. The molecule has 0 N–H and O–H groups in total. The van der Waals surface area contributed by atoms with Crippen LogP contribution in [0.1, 0.15) is 232 Å². The zero-order chi connectivity index (χ0) is 71.1. The van der Waals surface area contributed by atoms with Crippen molar-refractivity contribution in [3.63, 3.8) is 0 Å². The van der Waals surface area contributed by atoms with Gasteiger partial charge in [-0.15, -0.1) is 0 Å². The Hall–Kier alpha value is -6.45. The molecule has 0 bridgehead atoms. The molecule has 0 aromatic carbocycles. The van der Waals surface area contributed by atoms with E-state index in [2.05, 4.69) is 269 Å². The summed E-state index contributed by atoms with van der Waals surface area (Å²) in [5.41, 5.74) is 0. The first-order chi connectivity index (χ1) is 48.0. The normalized spacial score (nSPS) is 14.6. The molecule has 0 rings (SSSR count). The van der Waals surface area contributed by atoms with E-state index < -0.39 is 32.5 Å². The summed E-state index contributed by atoms with van der Waals surface area (Å²) in [5.74, 6) is -0.920. The Balaban J connectivity index is 4.24. The average Bonchev–Trinajstić information content (AvgIpc) is 1.08. The second-order valence-electron chi connectivity index (χ2n) is 24.8. The van der Waals surface area contributed by atoms with E-state index in [1.54, 1.807) is 0 Å². The highest BCUT2D eigenvalue weighted by molar-refractivity contribution is 7.45. The first kappa shape index (κ1) is 91.5. The van der Waals surface area contributed by atoms with Gasteiger partial charge in [0.05, 0.1) is 27.7 Å². The zero-order valence-electron chi connectivity index (χ0n) is 61.9. The molecule has 9 nitrogen and oxygen atoms in total. The molecular weight excluding hydrogens is 1230 g/mol. The first-order valence-electron chi connectivity index (χ1n) is 37.4. The number of ether oxygens (including phenoxy) is 2. The molecule has 0 saturated carbocycles. The lowest BCUT2D eigenvalue weighted by atomic mass is 10.1. The second-order valence-corrected chi connectivity index (χ2v) is 26.2. The van der Waals surface area contributed by atoms with E-state index in [-0.39, 0.29) is 26.1 Å². The molecule has 98 heavy (non-hydrogen) atoms. The van der Waals surface area contributed by atoms with Crippen molar-refractivity contribution in [1.82, 2.24) is 0 Å². The molecule has 0 radical (unpaired) electrons. The van der Waals surface area contributed by atoms with E-state index in [4.69, 9.17) is 18.5 Å². The fraction of sp³-hybridized carbons (Fsp3) is 0.500. The van der Waals surface area contributed by atoms with Crippen LogP contribution in [0.4, 0.5) is 0 Å². The summed E-state index contributed by atoms with van der Waals surface area (Å²) in [5, 5.41) is 0. The summed E-state index contributed by atoms with van der Waals surface area (Å²) in [7, 11) is 1.09. The van der Waals surface area contributed by atoms with Gasteiger partial charge in [-0.3, -0.25) is 14.2 Å². The van der Waals surface area contributed by atoms with Crippen LogP contribution in [0.3, 0.4) is 0 Å². The molecule has 0 aliphatic rings. The summed E-state index contributed by atoms with van der Waals surface area (Å²) >= 11 is 0. The van der Waals surface area contributed by atoms with E-state index in [0.717, 1.165) is 186 Å². The number of phosphoric acid groups is 1. The molecule has 2 unspecified atom stereocenters. The Morgan fingerprint density at radius 2 is 0.551 bits per heavy atom. The maximum absolute atomic E-state index is 12.9. The predicted octanol–water partition coefficient (Wildman–Crippen LogP) is 24.6. The first-order valence-corrected chi connectivity index (χ1v) is 38.9. The topological polar surface area (TPSA) is 111 Å². The quantitative estimate of drug-likeness (QED) is 0.0195. The smallest absolute Gasteiger partial charge is 0.306 e. The Morgan fingerprint density at radius 1 is 0.316 bits per heavy atom. The lowest BCUT2D eigenvalue weighted by molar-refractivity contribution is -0.870. The van der Waals surface area contributed by atoms with Gasteiger partial charge in [0, 0.05) is 12.8 Å². The summed E-state index contributed by atoms with van der Waals surface area (Å²) in [6, 6.07) is 0. The lowest BCUT2D eigenvalue weighted by Crippen LogP contribution is -2.37. The standard InChI is InChI=1S/C88H134NO8P/c1-6-8-10-12-14-16-18-20-22-24-26-28-30-32-34-36-38-40-41-42-43-44-45-46-47-49-51-53-55-57-59-61-63-65-67-69-71-73-75-77-79-81-88(91)97-86(85-96-98(92,93)95-83-82-89(3,4)5)84-94-87(90)80-78-76-74-72-70-68-66-64-62-60-58-56-54-52-50-48-39-37-35-33-31-29-27-25-23-21-19-17-15-13-11-9-7-2/h8-11,14-17,20-23,26-29,32-35,38-40,42-43,45-46,48-49,51-52,54-55,57-58,60-61,63-64,66,70,72,86H,6-7,12-13,18-19,24-25,30-31,36-37,41,44,47,50,53,56,59,62,65,67-69,71,73-85H2,1-5H3/b10-8-,11-9-,16-14-,17-15-,22-20-,23-21-,28-26-,29-27-,34-32-,35-33-,40-38-,43-42-,46-45-,48-39-,51-49-,54-52-,57-55-,60-58-,63-61-,66-64-,72-70-. The highest BCUT2D eigenvalue weighted by Crippen LogP contribution is 2.38. The van der Waals surface area contributed by atoms with E-state index in [1.165, 1.54) is 6.42 Å². The minimum Gasteiger partial charge on any atom is -0.756 e. The number of esters is 2. The summed E-state index contributed by atoms with van der Waals surface area (Å²) in [6.45, 7) is 3.91. The van der Waals surface area contributed by atoms with Gasteiger partial charge in [-0.1, -0.05) is 301 Å². The molecule has 544 valence electrons. The van der Waals surface area contributed by atoms with Gasteiger partial charge >= 0.3 is 11.9 Å². The van der Waals surface area contributed by atoms with Crippen LogP contribution in [0, 0.1) is 0 Å². The van der Waals surface area contributed by atoms with Crippen molar-refractivity contribution in [3.05, 3.63) is 255 Å². The minimum atomic E-state index is -4.68. The molecule has 0 aliphatic heterocycles. The van der Waals surface area contributed by atoms with Crippen LogP contribution < -0.4 is 4.89 Å². The van der Waals surface area contributed by atoms with Crippen LogP contribution in [0.5, 0.6) is 0 Å². The number of rotatable bonds is 65. The van der Waals surface area contributed by atoms with Crippen molar-refractivity contribution in [2.24, 2.45) is 0 Å². The number of unbranched alkanes of at least 4 members (excludes halogenated alkanes) is 9. The predicted molar refractivity (Wildman–Crippen MR) is 424 cm³/mol. The number of allylic oxidation sites excluding steroid dienone is 42. The van der Waals surface area contributed by atoms with Crippen molar-refractivity contribution in [2.45, 2.75) is 238 Å². The van der Waals surface area contributed by atoms with Crippen molar-refractivity contribution >= 4 is 19.8 Å². The van der Waals surface area contributed by atoms with E-state index >= 15 is 0 Å². The molecule has 0 saturated heterocycles. The zero-order valence-corrected chi connectivity index (χ0v) is 62.8. The largest absolute Gasteiger partial charge is 0.756 e. The maximum Gasteiger partial charge on any atom is 0.306 e. The maximum atomic E-state index is 12.9. The molecule has 0 spiro atoms. The van der Waals surface area contributed by atoms with Gasteiger partial charge < -0.3 is 27.9 Å². The average molecular weight is 1370 g/mol. The Morgan fingerprint density at radius 3 is 0.837 bits per heavy atom. The number of quaternary nitrogens is 1. The number of likely N-dealkylation sites (N-methyl/N-ethyl adjacent to an activating group) is 1. The monoisotopic (exact) mass is 1360 g/mol. The van der Waals surface area contributed by atoms with Crippen molar-refractivity contribution in [2.75, 3.05) is 47.5 Å². The van der Waals surface area contributed by atoms with Crippen molar-refractivity contribution < 1.29 is 42.1 Å². The molecule has 2 atom stereocenters. The van der Waals surface area contributed by atoms with Gasteiger partial charge in [0.25, 0.3) is 7.82 Å². The number of hydrogen-bond acceptors (Lipinski definition) is 8. The van der Waals surface area contributed by atoms with Crippen LogP contribution >= 0.6 is 7.82 Å². The fourth-order valence-electron chi connectivity index (χ4n) is 8.92. The molecule has 0 aromatic heterocycles. The van der Waals surface area contributed by atoms with Gasteiger partial charge in [-0.25, -0.2) is 0 Å². The fourth-order valence-corrected chi connectivity index (χ4v) is 9.65. The van der Waals surface area contributed by atoms with Crippen LogP contribution in [-0.2, 0) is 32.7 Å². The van der Waals surface area contributed by atoms with Gasteiger partial charge in [0.15, 0.2) is 6.10 Å². The number of hydrogen-bond donors (Lipinski definition) is 0. The summed E-state index contributed by atoms with van der Waals surface area (Å²) < 4.78 is 34.2. The molecular formula is C88H134NO8P. The van der Waals surface area contributed by atoms with Crippen LogP contribution in [0.15, 0.2) is 255 Å². The lowest BCUT2D eigenvalue weighted by Gasteiger charge is -2.28. The molecule has 10 heteroatoms. The van der Waals surface area contributed by atoms with Crippen LogP contribution in [0.25, 0.3) is 0 Å². The highest BCUT2D eigenvalue weighted by atomic mass is 31.2. The van der Waals surface area contributed by atoms with Crippen LogP contribution in [-0.4, -0.2) is 70.0 Å². The highest BCUT2D eigenvalue weighted by Gasteiger charge is 2.22. The minimum absolute atomic E-state index is 0.0553. The molecule has 0 amide bonds.